The number of nitro benzene ring substituents is 1. The van der Waals surface area contributed by atoms with E-state index in [1.165, 1.54) is 18.3 Å². The van der Waals surface area contributed by atoms with Crippen LogP contribution in [0.2, 0.25) is 0 Å². The highest BCUT2D eigenvalue weighted by atomic mass is 16.6. The molecule has 3 rings (SSSR count). The molecule has 1 heterocycles. The standard InChI is InChI=1S/C17H13N3O4/c21-17(24-11-12-5-2-1-3-6-12)19-14-8-9-15(20(22)23)16-13(14)7-4-10-18-16/h1-10H,11H2,(H,19,21). The Morgan fingerprint density at radius 2 is 1.92 bits per heavy atom. The van der Waals surface area contributed by atoms with E-state index in [0.717, 1.165) is 5.56 Å². The molecule has 7 nitrogen and oxygen atoms in total. The van der Waals surface area contributed by atoms with E-state index in [1.807, 2.05) is 30.3 Å². The van der Waals surface area contributed by atoms with Gasteiger partial charge in [-0.1, -0.05) is 30.3 Å². The zero-order chi connectivity index (χ0) is 16.9. The topological polar surface area (TPSA) is 94.4 Å². The Balaban J connectivity index is 1.79. The Kier molecular flexibility index (Phi) is 4.33. The van der Waals surface area contributed by atoms with Gasteiger partial charge in [-0.3, -0.25) is 15.4 Å². The van der Waals surface area contributed by atoms with Crippen LogP contribution in [0.3, 0.4) is 0 Å². The Labute approximate surface area is 137 Å². The molecule has 0 bridgehead atoms. The fourth-order valence-corrected chi connectivity index (χ4v) is 2.28. The molecule has 1 N–H and O–H groups in total. The van der Waals surface area contributed by atoms with Gasteiger partial charge in [0.25, 0.3) is 5.69 Å². The normalized spacial score (nSPS) is 10.3. The van der Waals surface area contributed by atoms with Gasteiger partial charge in [-0.15, -0.1) is 0 Å². The lowest BCUT2D eigenvalue weighted by Gasteiger charge is -2.09. The summed E-state index contributed by atoms with van der Waals surface area (Å²) in [4.78, 5) is 26.5. The average Bonchev–Trinajstić information content (AvgIpc) is 2.61. The van der Waals surface area contributed by atoms with Gasteiger partial charge in [0.2, 0.25) is 0 Å². The van der Waals surface area contributed by atoms with Gasteiger partial charge in [0.1, 0.15) is 12.1 Å². The van der Waals surface area contributed by atoms with Crippen LogP contribution in [0.25, 0.3) is 10.9 Å². The third-order valence-corrected chi connectivity index (χ3v) is 3.39. The van der Waals surface area contributed by atoms with Crippen LogP contribution in [0.1, 0.15) is 5.56 Å². The van der Waals surface area contributed by atoms with E-state index in [9.17, 15) is 14.9 Å². The van der Waals surface area contributed by atoms with Gasteiger partial charge in [-0.2, -0.15) is 0 Å². The first-order valence-electron chi connectivity index (χ1n) is 7.15. The van der Waals surface area contributed by atoms with Crippen molar-refractivity contribution in [3.05, 3.63) is 76.5 Å². The predicted octanol–water partition coefficient (Wildman–Crippen LogP) is 3.89. The van der Waals surface area contributed by atoms with Gasteiger partial charge in [-0.05, 0) is 23.8 Å². The van der Waals surface area contributed by atoms with Gasteiger partial charge in [0, 0.05) is 17.6 Å². The number of aromatic nitrogens is 1. The number of carbonyl (C=O) groups is 1. The second-order valence-electron chi connectivity index (χ2n) is 4.98. The van der Waals surface area contributed by atoms with Crippen molar-refractivity contribution in [2.24, 2.45) is 0 Å². The molecule has 1 amide bonds. The van der Waals surface area contributed by atoms with Crippen LogP contribution >= 0.6 is 0 Å². The molecule has 0 fully saturated rings. The lowest BCUT2D eigenvalue weighted by Crippen LogP contribution is -2.14. The quantitative estimate of drug-likeness (QED) is 0.580. The minimum Gasteiger partial charge on any atom is -0.444 e. The molecular weight excluding hydrogens is 310 g/mol. The molecule has 0 saturated carbocycles. The van der Waals surface area contributed by atoms with Crippen molar-refractivity contribution in [1.29, 1.82) is 0 Å². The number of rotatable bonds is 4. The van der Waals surface area contributed by atoms with Crippen molar-refractivity contribution in [2.45, 2.75) is 6.61 Å². The van der Waals surface area contributed by atoms with E-state index in [1.54, 1.807) is 12.1 Å². The largest absolute Gasteiger partial charge is 0.444 e. The number of nitrogens with zero attached hydrogens (tertiary/aromatic N) is 2. The number of nitro groups is 1. The minimum atomic E-state index is -0.641. The maximum atomic E-state index is 12.0. The molecule has 24 heavy (non-hydrogen) atoms. The summed E-state index contributed by atoms with van der Waals surface area (Å²) in [6, 6.07) is 15.3. The zero-order valence-electron chi connectivity index (χ0n) is 12.5. The van der Waals surface area contributed by atoms with Crippen molar-refractivity contribution in [2.75, 3.05) is 5.32 Å². The molecule has 0 radical (unpaired) electrons. The third kappa shape index (κ3) is 3.30. The molecule has 7 heteroatoms. The van der Waals surface area contributed by atoms with Crippen molar-refractivity contribution < 1.29 is 14.5 Å². The van der Waals surface area contributed by atoms with Gasteiger partial charge >= 0.3 is 6.09 Å². The lowest BCUT2D eigenvalue weighted by molar-refractivity contribution is -0.383. The third-order valence-electron chi connectivity index (χ3n) is 3.39. The highest BCUT2D eigenvalue weighted by molar-refractivity contribution is 6.02. The number of fused-ring (bicyclic) bond motifs is 1. The number of benzene rings is 2. The number of carbonyl (C=O) groups excluding carboxylic acids is 1. The molecule has 2 aromatic carbocycles. The SMILES string of the molecule is O=C(Nc1ccc([N+](=O)[O-])c2ncccc12)OCc1ccccc1. The van der Waals surface area contributed by atoms with E-state index in [4.69, 9.17) is 4.74 Å². The molecule has 1 aromatic heterocycles. The number of ether oxygens (including phenoxy) is 1. The molecule has 0 spiro atoms. The Hall–Kier alpha value is -3.48. The van der Waals surface area contributed by atoms with Gasteiger partial charge < -0.3 is 4.74 Å². The molecule has 0 aliphatic carbocycles. The molecule has 0 aliphatic rings. The van der Waals surface area contributed by atoms with Crippen LogP contribution in [0.4, 0.5) is 16.2 Å². The van der Waals surface area contributed by atoms with E-state index in [-0.39, 0.29) is 17.8 Å². The van der Waals surface area contributed by atoms with E-state index < -0.39 is 11.0 Å². The number of anilines is 1. The first-order valence-corrected chi connectivity index (χ1v) is 7.15. The summed E-state index contributed by atoms with van der Waals surface area (Å²) in [5.74, 6) is 0. The molecule has 0 atom stereocenters. The van der Waals surface area contributed by atoms with E-state index in [0.29, 0.717) is 11.1 Å². The summed E-state index contributed by atoms with van der Waals surface area (Å²) < 4.78 is 5.15. The minimum absolute atomic E-state index is 0.117. The lowest BCUT2D eigenvalue weighted by atomic mass is 10.1. The van der Waals surface area contributed by atoms with Crippen molar-refractivity contribution in [3.8, 4) is 0 Å². The molecule has 3 aromatic rings. The molecule has 0 saturated heterocycles. The number of hydrogen-bond acceptors (Lipinski definition) is 5. The van der Waals surface area contributed by atoms with Crippen molar-refractivity contribution >= 4 is 28.4 Å². The highest BCUT2D eigenvalue weighted by Gasteiger charge is 2.16. The fourth-order valence-electron chi connectivity index (χ4n) is 2.28. The van der Waals surface area contributed by atoms with Crippen LogP contribution in [-0.2, 0) is 11.3 Å². The van der Waals surface area contributed by atoms with Crippen molar-refractivity contribution in [3.63, 3.8) is 0 Å². The Morgan fingerprint density at radius 1 is 1.12 bits per heavy atom. The second kappa shape index (κ2) is 6.74. The molecular formula is C17H13N3O4. The maximum Gasteiger partial charge on any atom is 0.411 e. The number of nitrogens with one attached hydrogen (secondary N) is 1. The van der Waals surface area contributed by atoms with Gasteiger partial charge in [0.15, 0.2) is 0 Å². The summed E-state index contributed by atoms with van der Waals surface area (Å²) in [5, 5.41) is 14.1. The summed E-state index contributed by atoms with van der Waals surface area (Å²) in [5.41, 5.74) is 1.36. The Bertz CT molecular complexity index is 897. The predicted molar refractivity (Wildman–Crippen MR) is 88.6 cm³/mol. The highest BCUT2D eigenvalue weighted by Crippen LogP contribution is 2.29. The first kappa shape index (κ1) is 15.4. The van der Waals surface area contributed by atoms with Crippen LogP contribution in [0.15, 0.2) is 60.8 Å². The number of pyridine rings is 1. The van der Waals surface area contributed by atoms with Crippen molar-refractivity contribution in [1.82, 2.24) is 4.98 Å². The van der Waals surface area contributed by atoms with Crippen LogP contribution in [0, 0.1) is 10.1 Å². The number of non-ortho nitro benzene ring substituents is 1. The fraction of sp³-hybridized carbons (Fsp3) is 0.0588. The van der Waals surface area contributed by atoms with Crippen LogP contribution < -0.4 is 5.32 Å². The van der Waals surface area contributed by atoms with Gasteiger partial charge in [0.05, 0.1) is 10.6 Å². The number of hydrogen-bond donors (Lipinski definition) is 1. The first-order chi connectivity index (χ1) is 11.6. The zero-order valence-corrected chi connectivity index (χ0v) is 12.5. The monoisotopic (exact) mass is 323 g/mol. The summed E-state index contributed by atoms with van der Waals surface area (Å²) in [7, 11) is 0. The molecule has 0 unspecified atom stereocenters. The number of amides is 1. The second-order valence-corrected chi connectivity index (χ2v) is 4.98. The van der Waals surface area contributed by atoms with Crippen LogP contribution in [-0.4, -0.2) is 16.0 Å². The smallest absolute Gasteiger partial charge is 0.411 e. The van der Waals surface area contributed by atoms with E-state index >= 15 is 0 Å². The Morgan fingerprint density at radius 3 is 2.67 bits per heavy atom. The summed E-state index contributed by atoms with van der Waals surface area (Å²) in [6.45, 7) is 0.135. The van der Waals surface area contributed by atoms with E-state index in [2.05, 4.69) is 10.3 Å². The summed E-state index contributed by atoms with van der Waals surface area (Å²) in [6.07, 6.45) is 0.824. The molecule has 0 aliphatic heterocycles. The average molecular weight is 323 g/mol. The van der Waals surface area contributed by atoms with Gasteiger partial charge in [-0.25, -0.2) is 9.78 Å². The molecule has 120 valence electrons. The maximum absolute atomic E-state index is 12.0. The summed E-state index contributed by atoms with van der Waals surface area (Å²) >= 11 is 0. The van der Waals surface area contributed by atoms with Crippen LogP contribution in [0.5, 0.6) is 0 Å².